The SMILES string of the molecule is CCCCCC(C)Nc1cc(OC(C)C)c(F)cc1N. The lowest BCUT2D eigenvalue weighted by Gasteiger charge is -2.19. The maximum atomic E-state index is 13.7. The zero-order valence-corrected chi connectivity index (χ0v) is 13.0. The summed E-state index contributed by atoms with van der Waals surface area (Å²) in [5, 5.41) is 3.34. The summed E-state index contributed by atoms with van der Waals surface area (Å²) < 4.78 is 19.2. The molecule has 3 nitrogen and oxygen atoms in total. The number of unbranched alkanes of at least 4 members (excludes halogenated alkanes) is 2. The molecule has 20 heavy (non-hydrogen) atoms. The molecule has 0 radical (unpaired) electrons. The van der Waals surface area contributed by atoms with Gasteiger partial charge < -0.3 is 15.8 Å². The molecule has 0 bridgehead atoms. The Balaban J connectivity index is 2.73. The normalized spacial score (nSPS) is 12.5. The van der Waals surface area contributed by atoms with Crippen molar-refractivity contribution < 1.29 is 9.13 Å². The minimum Gasteiger partial charge on any atom is -0.488 e. The van der Waals surface area contributed by atoms with Crippen LogP contribution in [0.1, 0.15) is 53.4 Å². The van der Waals surface area contributed by atoms with Crippen LogP contribution in [0.4, 0.5) is 15.8 Å². The standard InChI is InChI=1S/C16H27FN2O/c1-5-6-7-8-12(4)19-15-10-16(20-11(2)3)13(17)9-14(15)18/h9-12,19H,5-8,18H2,1-4H3. The van der Waals surface area contributed by atoms with Crippen molar-refractivity contribution in [2.45, 2.75) is 65.5 Å². The van der Waals surface area contributed by atoms with E-state index in [2.05, 4.69) is 19.2 Å². The minimum atomic E-state index is -0.416. The van der Waals surface area contributed by atoms with Gasteiger partial charge in [0.05, 0.1) is 17.5 Å². The van der Waals surface area contributed by atoms with Crippen LogP contribution in [-0.4, -0.2) is 12.1 Å². The van der Waals surface area contributed by atoms with Crippen LogP contribution in [0.5, 0.6) is 5.75 Å². The first-order valence-electron chi connectivity index (χ1n) is 7.46. The monoisotopic (exact) mass is 282 g/mol. The quantitative estimate of drug-likeness (QED) is 0.542. The summed E-state index contributed by atoms with van der Waals surface area (Å²) in [5.41, 5.74) is 7.03. The Labute approximate surface area is 121 Å². The fourth-order valence-corrected chi connectivity index (χ4v) is 2.08. The highest BCUT2D eigenvalue weighted by Crippen LogP contribution is 2.29. The summed E-state index contributed by atoms with van der Waals surface area (Å²) in [7, 11) is 0. The van der Waals surface area contributed by atoms with E-state index >= 15 is 0 Å². The summed E-state index contributed by atoms with van der Waals surface area (Å²) in [4.78, 5) is 0. The predicted molar refractivity (Wildman–Crippen MR) is 83.8 cm³/mol. The van der Waals surface area contributed by atoms with Crippen molar-refractivity contribution in [3.8, 4) is 5.75 Å². The first-order chi connectivity index (χ1) is 9.43. The van der Waals surface area contributed by atoms with Crippen molar-refractivity contribution in [3.63, 3.8) is 0 Å². The van der Waals surface area contributed by atoms with E-state index in [9.17, 15) is 4.39 Å². The van der Waals surface area contributed by atoms with Gasteiger partial charge >= 0.3 is 0 Å². The molecule has 0 aliphatic carbocycles. The average molecular weight is 282 g/mol. The van der Waals surface area contributed by atoms with E-state index in [4.69, 9.17) is 10.5 Å². The number of nitrogen functional groups attached to an aromatic ring is 1. The highest BCUT2D eigenvalue weighted by Gasteiger charge is 2.12. The fraction of sp³-hybridized carbons (Fsp3) is 0.625. The van der Waals surface area contributed by atoms with Gasteiger partial charge in [-0.25, -0.2) is 4.39 Å². The molecule has 0 fully saturated rings. The van der Waals surface area contributed by atoms with Crippen molar-refractivity contribution in [2.24, 2.45) is 0 Å². The molecule has 0 saturated carbocycles. The second-order valence-electron chi connectivity index (χ2n) is 5.58. The summed E-state index contributed by atoms with van der Waals surface area (Å²) in [6.07, 6.45) is 4.62. The second-order valence-corrected chi connectivity index (χ2v) is 5.58. The van der Waals surface area contributed by atoms with Gasteiger partial charge in [-0.1, -0.05) is 26.2 Å². The van der Waals surface area contributed by atoms with Crippen LogP contribution in [0.15, 0.2) is 12.1 Å². The molecule has 1 aromatic carbocycles. The Bertz CT molecular complexity index is 421. The van der Waals surface area contributed by atoms with E-state index in [1.54, 1.807) is 6.07 Å². The highest BCUT2D eigenvalue weighted by atomic mass is 19.1. The molecule has 4 heteroatoms. The Morgan fingerprint density at radius 1 is 1.25 bits per heavy atom. The van der Waals surface area contributed by atoms with Gasteiger partial charge in [-0.3, -0.25) is 0 Å². The molecule has 0 aliphatic rings. The summed E-state index contributed by atoms with van der Waals surface area (Å²) in [6.45, 7) is 8.04. The molecule has 0 heterocycles. The Morgan fingerprint density at radius 2 is 1.95 bits per heavy atom. The van der Waals surface area contributed by atoms with Gasteiger partial charge in [0.1, 0.15) is 0 Å². The molecular weight excluding hydrogens is 255 g/mol. The van der Waals surface area contributed by atoms with E-state index in [1.807, 2.05) is 13.8 Å². The van der Waals surface area contributed by atoms with Gasteiger partial charge in [-0.15, -0.1) is 0 Å². The molecule has 114 valence electrons. The number of nitrogens with one attached hydrogen (secondary N) is 1. The third kappa shape index (κ3) is 5.27. The van der Waals surface area contributed by atoms with Crippen molar-refractivity contribution in [2.75, 3.05) is 11.1 Å². The van der Waals surface area contributed by atoms with E-state index in [0.29, 0.717) is 11.7 Å². The molecule has 1 unspecified atom stereocenters. The van der Waals surface area contributed by atoms with E-state index < -0.39 is 5.82 Å². The number of ether oxygens (including phenoxy) is 1. The van der Waals surface area contributed by atoms with Crippen LogP contribution in [0.2, 0.25) is 0 Å². The predicted octanol–water partition coefficient (Wildman–Crippen LogP) is 4.58. The number of halogens is 1. The number of hydrogen-bond donors (Lipinski definition) is 2. The number of hydrogen-bond acceptors (Lipinski definition) is 3. The van der Waals surface area contributed by atoms with Crippen LogP contribution in [0, 0.1) is 5.82 Å². The van der Waals surface area contributed by atoms with Gasteiger partial charge in [0.2, 0.25) is 0 Å². The van der Waals surface area contributed by atoms with E-state index in [-0.39, 0.29) is 11.9 Å². The van der Waals surface area contributed by atoms with Crippen molar-refractivity contribution in [1.29, 1.82) is 0 Å². The van der Waals surface area contributed by atoms with Crippen molar-refractivity contribution in [1.82, 2.24) is 0 Å². The van der Waals surface area contributed by atoms with Crippen LogP contribution in [-0.2, 0) is 0 Å². The molecular formula is C16H27FN2O. The number of anilines is 2. The lowest BCUT2D eigenvalue weighted by molar-refractivity contribution is 0.231. The topological polar surface area (TPSA) is 47.3 Å². The van der Waals surface area contributed by atoms with Crippen LogP contribution in [0.25, 0.3) is 0 Å². The summed E-state index contributed by atoms with van der Waals surface area (Å²) >= 11 is 0. The van der Waals surface area contributed by atoms with Gasteiger partial charge in [-0.2, -0.15) is 0 Å². The van der Waals surface area contributed by atoms with E-state index in [1.165, 1.54) is 25.3 Å². The minimum absolute atomic E-state index is 0.0667. The molecule has 1 rings (SSSR count). The average Bonchev–Trinajstić information content (AvgIpc) is 2.35. The summed E-state index contributed by atoms with van der Waals surface area (Å²) in [5.74, 6) is -0.169. The largest absolute Gasteiger partial charge is 0.488 e. The lowest BCUT2D eigenvalue weighted by atomic mass is 10.1. The Hall–Kier alpha value is -1.45. The Morgan fingerprint density at radius 3 is 2.55 bits per heavy atom. The Kier molecular flexibility index (Phi) is 6.62. The van der Waals surface area contributed by atoms with Gasteiger partial charge in [0, 0.05) is 18.2 Å². The van der Waals surface area contributed by atoms with Gasteiger partial charge in [-0.05, 0) is 27.2 Å². The second kappa shape index (κ2) is 7.98. The zero-order valence-electron chi connectivity index (χ0n) is 13.0. The number of nitrogens with two attached hydrogens (primary N) is 1. The number of rotatable bonds is 8. The van der Waals surface area contributed by atoms with Gasteiger partial charge in [0.15, 0.2) is 11.6 Å². The maximum Gasteiger partial charge on any atom is 0.167 e. The fourth-order valence-electron chi connectivity index (χ4n) is 2.08. The van der Waals surface area contributed by atoms with Gasteiger partial charge in [0.25, 0.3) is 0 Å². The molecule has 0 amide bonds. The van der Waals surface area contributed by atoms with Crippen molar-refractivity contribution >= 4 is 11.4 Å². The molecule has 0 aromatic heterocycles. The molecule has 1 atom stereocenters. The zero-order chi connectivity index (χ0) is 15.1. The lowest BCUT2D eigenvalue weighted by Crippen LogP contribution is -2.16. The summed E-state index contributed by atoms with van der Waals surface area (Å²) in [6, 6.07) is 3.28. The molecule has 0 saturated heterocycles. The van der Waals surface area contributed by atoms with E-state index in [0.717, 1.165) is 12.1 Å². The third-order valence-electron chi connectivity index (χ3n) is 3.11. The maximum absolute atomic E-state index is 13.7. The van der Waals surface area contributed by atoms with Crippen LogP contribution >= 0.6 is 0 Å². The molecule has 3 N–H and O–H groups in total. The molecule has 0 spiro atoms. The highest BCUT2D eigenvalue weighted by molar-refractivity contribution is 5.68. The first-order valence-corrected chi connectivity index (χ1v) is 7.46. The molecule has 0 aliphatic heterocycles. The third-order valence-corrected chi connectivity index (χ3v) is 3.11. The van der Waals surface area contributed by atoms with Crippen LogP contribution < -0.4 is 15.8 Å². The van der Waals surface area contributed by atoms with Crippen LogP contribution in [0.3, 0.4) is 0 Å². The molecule has 1 aromatic rings. The first kappa shape index (κ1) is 16.6. The van der Waals surface area contributed by atoms with Crippen molar-refractivity contribution in [3.05, 3.63) is 17.9 Å². The smallest absolute Gasteiger partial charge is 0.167 e. The number of benzene rings is 1.